The zero-order valence-corrected chi connectivity index (χ0v) is 6.39. The predicted molar refractivity (Wildman–Crippen MR) is 39.6 cm³/mol. The Morgan fingerprint density at radius 1 is 1.40 bits per heavy atom. The largest absolute Gasteiger partial charge is 0.254 e. The minimum absolute atomic E-state index is 0.918. The molecular formula is C8H11N2. The van der Waals surface area contributed by atoms with Gasteiger partial charge in [0.05, 0.1) is 11.4 Å². The summed E-state index contributed by atoms with van der Waals surface area (Å²) in [6.45, 7) is 4.13. The SMILES string of the molecule is CCc1[c]ncc(CC)n1. The Bertz CT molecular complexity index is 189. The molecule has 10 heavy (non-hydrogen) atoms. The Morgan fingerprint density at radius 2 is 2.20 bits per heavy atom. The summed E-state index contributed by atoms with van der Waals surface area (Å²) in [4.78, 5) is 8.23. The molecule has 2 nitrogen and oxygen atoms in total. The fraction of sp³-hybridized carbons (Fsp3) is 0.500. The fourth-order valence-corrected chi connectivity index (χ4v) is 0.737. The predicted octanol–water partition coefficient (Wildman–Crippen LogP) is 1.40. The van der Waals surface area contributed by atoms with Gasteiger partial charge in [0.1, 0.15) is 6.20 Å². The third kappa shape index (κ3) is 1.53. The smallest absolute Gasteiger partial charge is 0.112 e. The molecule has 0 aliphatic carbocycles. The summed E-state index contributed by atoms with van der Waals surface area (Å²) in [5.41, 5.74) is 2.01. The van der Waals surface area contributed by atoms with Crippen LogP contribution >= 0.6 is 0 Å². The molecule has 0 aliphatic heterocycles. The highest BCUT2D eigenvalue weighted by Crippen LogP contribution is 1.96. The molecule has 0 saturated heterocycles. The molecule has 1 rings (SSSR count). The van der Waals surface area contributed by atoms with Crippen molar-refractivity contribution in [2.75, 3.05) is 0 Å². The lowest BCUT2D eigenvalue weighted by Gasteiger charge is -1.96. The molecule has 1 aromatic heterocycles. The van der Waals surface area contributed by atoms with Gasteiger partial charge in [-0.25, -0.2) is 0 Å². The lowest BCUT2D eigenvalue weighted by atomic mass is 10.3. The van der Waals surface area contributed by atoms with Gasteiger partial charge < -0.3 is 0 Å². The van der Waals surface area contributed by atoms with Crippen LogP contribution in [0.3, 0.4) is 0 Å². The van der Waals surface area contributed by atoms with Crippen molar-refractivity contribution in [3.05, 3.63) is 23.8 Å². The topological polar surface area (TPSA) is 25.8 Å². The Balaban J connectivity index is 2.87. The standard InChI is InChI=1S/C8H11N2/c1-3-7-5-9-6-8(4-2)10-7/h5H,3-4H2,1-2H3. The normalized spacial score (nSPS) is 9.80. The number of aromatic nitrogens is 2. The van der Waals surface area contributed by atoms with E-state index in [9.17, 15) is 0 Å². The summed E-state index contributed by atoms with van der Waals surface area (Å²) in [7, 11) is 0. The van der Waals surface area contributed by atoms with Crippen molar-refractivity contribution in [3.63, 3.8) is 0 Å². The lowest BCUT2D eigenvalue weighted by molar-refractivity contribution is 0.917. The van der Waals surface area contributed by atoms with Crippen LogP contribution in [0.2, 0.25) is 0 Å². The van der Waals surface area contributed by atoms with Crippen LogP contribution in [0.15, 0.2) is 6.20 Å². The molecule has 0 fully saturated rings. The molecule has 0 atom stereocenters. The van der Waals surface area contributed by atoms with Crippen LogP contribution in [0, 0.1) is 6.20 Å². The molecule has 0 bridgehead atoms. The first-order valence-corrected chi connectivity index (χ1v) is 3.59. The third-order valence-corrected chi connectivity index (χ3v) is 1.38. The maximum atomic E-state index is 4.29. The van der Waals surface area contributed by atoms with E-state index in [1.807, 2.05) is 0 Å². The van der Waals surface area contributed by atoms with Crippen LogP contribution in [-0.4, -0.2) is 9.97 Å². The summed E-state index contributed by atoms with van der Waals surface area (Å²) in [6, 6.07) is 0. The highest BCUT2D eigenvalue weighted by molar-refractivity contribution is 5.01. The van der Waals surface area contributed by atoms with Crippen molar-refractivity contribution in [3.8, 4) is 0 Å². The second kappa shape index (κ2) is 3.30. The monoisotopic (exact) mass is 135 g/mol. The van der Waals surface area contributed by atoms with Crippen molar-refractivity contribution in [2.45, 2.75) is 26.7 Å². The van der Waals surface area contributed by atoms with Gasteiger partial charge in [0.25, 0.3) is 0 Å². The van der Waals surface area contributed by atoms with Gasteiger partial charge in [-0.3, -0.25) is 9.97 Å². The van der Waals surface area contributed by atoms with Gasteiger partial charge in [-0.15, -0.1) is 0 Å². The minimum atomic E-state index is 0.918. The third-order valence-electron chi connectivity index (χ3n) is 1.38. The lowest BCUT2D eigenvalue weighted by Crippen LogP contribution is -1.94. The fourth-order valence-electron chi connectivity index (χ4n) is 0.737. The van der Waals surface area contributed by atoms with E-state index in [2.05, 4.69) is 30.0 Å². The van der Waals surface area contributed by atoms with Gasteiger partial charge in [0, 0.05) is 6.20 Å². The molecule has 1 radical (unpaired) electrons. The van der Waals surface area contributed by atoms with E-state index >= 15 is 0 Å². The number of hydrogen-bond donors (Lipinski definition) is 0. The molecule has 0 spiro atoms. The minimum Gasteiger partial charge on any atom is -0.254 e. The Kier molecular flexibility index (Phi) is 2.37. The van der Waals surface area contributed by atoms with Crippen LogP contribution in [0.5, 0.6) is 0 Å². The molecule has 2 heteroatoms. The van der Waals surface area contributed by atoms with Gasteiger partial charge in [0.15, 0.2) is 0 Å². The van der Waals surface area contributed by atoms with E-state index in [0.29, 0.717) is 0 Å². The van der Waals surface area contributed by atoms with Gasteiger partial charge in [0.2, 0.25) is 0 Å². The maximum Gasteiger partial charge on any atom is 0.112 e. The first-order valence-electron chi connectivity index (χ1n) is 3.59. The quantitative estimate of drug-likeness (QED) is 0.612. The van der Waals surface area contributed by atoms with Crippen LogP contribution in [0.4, 0.5) is 0 Å². The summed E-state index contributed by atoms with van der Waals surface area (Å²) in [6.07, 6.45) is 6.47. The van der Waals surface area contributed by atoms with E-state index < -0.39 is 0 Å². The van der Waals surface area contributed by atoms with Crippen LogP contribution in [-0.2, 0) is 12.8 Å². The van der Waals surface area contributed by atoms with Gasteiger partial charge in [-0.1, -0.05) is 13.8 Å². The highest BCUT2D eigenvalue weighted by Gasteiger charge is 1.93. The molecule has 53 valence electrons. The van der Waals surface area contributed by atoms with Crippen molar-refractivity contribution in [1.82, 2.24) is 9.97 Å². The molecule has 1 heterocycles. The molecule has 1 aromatic rings. The van der Waals surface area contributed by atoms with Crippen LogP contribution in [0.1, 0.15) is 25.2 Å². The van der Waals surface area contributed by atoms with Gasteiger partial charge >= 0.3 is 0 Å². The first kappa shape index (κ1) is 7.19. The van der Waals surface area contributed by atoms with Crippen molar-refractivity contribution in [1.29, 1.82) is 0 Å². The van der Waals surface area contributed by atoms with Crippen molar-refractivity contribution < 1.29 is 0 Å². The van der Waals surface area contributed by atoms with Gasteiger partial charge in [-0.2, -0.15) is 0 Å². The zero-order valence-electron chi connectivity index (χ0n) is 6.39. The van der Waals surface area contributed by atoms with Crippen molar-refractivity contribution in [2.24, 2.45) is 0 Å². The highest BCUT2D eigenvalue weighted by atomic mass is 14.8. The Hall–Kier alpha value is -0.920. The molecule has 0 amide bonds. The summed E-state index contributed by atoms with van der Waals surface area (Å²) in [5, 5.41) is 0. The van der Waals surface area contributed by atoms with E-state index in [4.69, 9.17) is 0 Å². The van der Waals surface area contributed by atoms with E-state index in [1.54, 1.807) is 6.20 Å². The number of aryl methyl sites for hydroxylation is 2. The molecule has 0 aliphatic rings. The molecule has 0 saturated carbocycles. The van der Waals surface area contributed by atoms with Crippen LogP contribution < -0.4 is 0 Å². The van der Waals surface area contributed by atoms with E-state index in [1.165, 1.54) is 0 Å². The maximum absolute atomic E-state index is 4.29. The zero-order chi connectivity index (χ0) is 7.40. The molecule has 0 unspecified atom stereocenters. The molecule has 0 N–H and O–H groups in total. The second-order valence-electron chi connectivity index (χ2n) is 2.13. The number of hydrogen-bond acceptors (Lipinski definition) is 2. The van der Waals surface area contributed by atoms with Crippen molar-refractivity contribution >= 4 is 0 Å². The Labute approximate surface area is 61.3 Å². The second-order valence-corrected chi connectivity index (χ2v) is 2.13. The van der Waals surface area contributed by atoms with E-state index in [-0.39, 0.29) is 0 Å². The van der Waals surface area contributed by atoms with Crippen LogP contribution in [0.25, 0.3) is 0 Å². The molecular weight excluding hydrogens is 124 g/mol. The van der Waals surface area contributed by atoms with Gasteiger partial charge in [-0.05, 0) is 12.8 Å². The molecule has 0 aromatic carbocycles. The Morgan fingerprint density at radius 3 is 2.80 bits per heavy atom. The van der Waals surface area contributed by atoms with E-state index in [0.717, 1.165) is 24.2 Å². The first-order chi connectivity index (χ1) is 4.86. The number of nitrogens with zero attached hydrogens (tertiary/aromatic N) is 2. The summed E-state index contributed by atoms with van der Waals surface area (Å²) in [5.74, 6) is 0. The average molecular weight is 135 g/mol. The summed E-state index contributed by atoms with van der Waals surface area (Å²) < 4.78 is 0. The average Bonchev–Trinajstić information content (AvgIpc) is 2.05. The number of rotatable bonds is 2. The summed E-state index contributed by atoms with van der Waals surface area (Å²) >= 11 is 0.